The molecular weight excluding hydrogens is 330 g/mol. The molecule has 0 saturated heterocycles. The van der Waals surface area contributed by atoms with Crippen molar-refractivity contribution in [1.82, 2.24) is 9.99 Å². The van der Waals surface area contributed by atoms with Crippen molar-refractivity contribution >= 4 is 12.1 Å². The summed E-state index contributed by atoms with van der Waals surface area (Å²) >= 11 is 0. The molecule has 0 aliphatic carbocycles. The first-order valence-corrected chi connectivity index (χ1v) is 8.71. The van der Waals surface area contributed by atoms with Gasteiger partial charge in [-0.1, -0.05) is 0 Å². The van der Waals surface area contributed by atoms with Gasteiger partial charge in [-0.05, 0) is 58.9 Å². The Bertz CT molecular complexity index is 807. The van der Waals surface area contributed by atoms with Crippen LogP contribution >= 0.6 is 0 Å². The van der Waals surface area contributed by atoms with Crippen LogP contribution in [0.4, 0.5) is 0 Å². The fraction of sp³-hybridized carbons (Fsp3) is 0.400. The van der Waals surface area contributed by atoms with Crippen molar-refractivity contribution in [3.05, 3.63) is 46.8 Å². The quantitative estimate of drug-likeness (QED) is 0.604. The molecule has 0 spiro atoms. The number of amides is 1. The van der Waals surface area contributed by atoms with Gasteiger partial charge in [-0.15, -0.1) is 0 Å². The summed E-state index contributed by atoms with van der Waals surface area (Å²) in [7, 11) is 1.54. The van der Waals surface area contributed by atoms with Gasteiger partial charge in [0.2, 0.25) is 0 Å². The van der Waals surface area contributed by atoms with Crippen LogP contribution in [0.15, 0.2) is 29.4 Å². The van der Waals surface area contributed by atoms with E-state index in [9.17, 15) is 4.79 Å². The van der Waals surface area contributed by atoms with Gasteiger partial charge in [0.15, 0.2) is 11.5 Å². The van der Waals surface area contributed by atoms with Gasteiger partial charge in [-0.3, -0.25) is 4.79 Å². The Hall–Kier alpha value is -2.76. The number of nitrogens with zero attached hydrogens (tertiary/aromatic N) is 2. The summed E-state index contributed by atoms with van der Waals surface area (Å²) in [5, 5.41) is 4.10. The Balaban J connectivity index is 2.11. The number of nitrogens with one attached hydrogen (secondary N) is 1. The van der Waals surface area contributed by atoms with Crippen LogP contribution in [0.2, 0.25) is 0 Å². The number of hydrazone groups is 1. The van der Waals surface area contributed by atoms with E-state index in [-0.39, 0.29) is 5.91 Å². The summed E-state index contributed by atoms with van der Waals surface area (Å²) in [4.78, 5) is 12.3. The lowest BCUT2D eigenvalue weighted by atomic mass is 10.2. The Morgan fingerprint density at radius 2 is 2.00 bits per heavy atom. The van der Waals surface area contributed by atoms with Crippen molar-refractivity contribution in [2.45, 2.75) is 40.7 Å². The molecule has 2 aromatic rings. The van der Waals surface area contributed by atoms with Crippen molar-refractivity contribution in [2.75, 3.05) is 13.7 Å². The van der Waals surface area contributed by atoms with E-state index < -0.39 is 0 Å². The SMILES string of the molecule is CCOc1ccc(C(=O)N/N=C\c2cc(C)n(C(C)C)c2C)cc1OC. The first kappa shape index (κ1) is 19.6. The topological polar surface area (TPSA) is 64.8 Å². The van der Waals surface area contributed by atoms with Crippen molar-refractivity contribution < 1.29 is 14.3 Å². The minimum atomic E-state index is -0.305. The molecule has 1 heterocycles. The molecule has 0 unspecified atom stereocenters. The lowest BCUT2D eigenvalue weighted by Crippen LogP contribution is -2.17. The third-order valence-corrected chi connectivity index (χ3v) is 4.14. The Morgan fingerprint density at radius 3 is 2.58 bits per heavy atom. The second-order valence-corrected chi connectivity index (χ2v) is 6.29. The summed E-state index contributed by atoms with van der Waals surface area (Å²) in [6, 6.07) is 7.48. The fourth-order valence-corrected chi connectivity index (χ4v) is 3.04. The molecule has 0 aliphatic rings. The Kier molecular flexibility index (Phi) is 6.44. The smallest absolute Gasteiger partial charge is 0.271 e. The summed E-state index contributed by atoms with van der Waals surface area (Å²) < 4.78 is 13.0. The Morgan fingerprint density at radius 1 is 1.27 bits per heavy atom. The molecule has 140 valence electrons. The number of benzene rings is 1. The molecule has 1 aromatic heterocycles. The largest absolute Gasteiger partial charge is 0.493 e. The third kappa shape index (κ3) is 4.25. The summed E-state index contributed by atoms with van der Waals surface area (Å²) in [6.07, 6.45) is 1.67. The Labute approximate surface area is 154 Å². The molecule has 0 fully saturated rings. The number of aryl methyl sites for hydroxylation is 1. The van der Waals surface area contributed by atoms with E-state index in [0.717, 1.165) is 11.3 Å². The van der Waals surface area contributed by atoms with Crippen LogP contribution in [0.1, 0.15) is 54.1 Å². The molecule has 0 aliphatic heterocycles. The number of carbonyl (C=O) groups is 1. The summed E-state index contributed by atoms with van der Waals surface area (Å²) in [5.74, 6) is 0.820. The molecule has 1 N–H and O–H groups in total. The highest BCUT2D eigenvalue weighted by Gasteiger charge is 2.12. The zero-order valence-electron chi connectivity index (χ0n) is 16.3. The van der Waals surface area contributed by atoms with E-state index in [1.54, 1.807) is 31.5 Å². The zero-order valence-corrected chi connectivity index (χ0v) is 16.3. The maximum Gasteiger partial charge on any atom is 0.271 e. The van der Waals surface area contributed by atoms with Crippen LogP contribution < -0.4 is 14.9 Å². The molecular formula is C20H27N3O3. The lowest BCUT2D eigenvalue weighted by Gasteiger charge is -2.13. The number of carbonyl (C=O) groups excluding carboxylic acids is 1. The first-order chi connectivity index (χ1) is 12.4. The van der Waals surface area contributed by atoms with E-state index >= 15 is 0 Å². The average Bonchev–Trinajstić information content (AvgIpc) is 2.89. The van der Waals surface area contributed by atoms with Gasteiger partial charge in [-0.25, -0.2) is 5.43 Å². The van der Waals surface area contributed by atoms with Crippen molar-refractivity contribution in [3.63, 3.8) is 0 Å². The molecule has 0 bridgehead atoms. The van der Waals surface area contributed by atoms with Crippen LogP contribution in [0, 0.1) is 13.8 Å². The number of rotatable bonds is 7. The summed E-state index contributed by atoms with van der Waals surface area (Å²) in [6.45, 7) is 10.8. The van der Waals surface area contributed by atoms with Gasteiger partial charge < -0.3 is 14.0 Å². The highest BCUT2D eigenvalue weighted by molar-refractivity contribution is 5.95. The van der Waals surface area contributed by atoms with Crippen LogP contribution in [-0.4, -0.2) is 30.4 Å². The summed E-state index contributed by atoms with van der Waals surface area (Å²) in [5.41, 5.74) is 6.29. The molecule has 6 heteroatoms. The number of ether oxygens (including phenoxy) is 2. The predicted molar refractivity (Wildman–Crippen MR) is 104 cm³/mol. The lowest BCUT2D eigenvalue weighted by molar-refractivity contribution is 0.0954. The molecule has 1 amide bonds. The molecule has 0 saturated carbocycles. The zero-order chi connectivity index (χ0) is 19.3. The standard InChI is InChI=1S/C20H27N3O3/c1-7-26-18-9-8-16(11-19(18)25-6)20(24)22-21-12-17-10-14(4)23(13(2)3)15(17)5/h8-13H,7H2,1-6H3,(H,22,24)/b21-12-. The fourth-order valence-electron chi connectivity index (χ4n) is 3.04. The van der Waals surface area contributed by atoms with E-state index in [0.29, 0.717) is 29.7 Å². The normalized spacial score (nSPS) is 11.2. The molecule has 0 radical (unpaired) electrons. The minimum absolute atomic E-state index is 0.305. The molecule has 2 rings (SSSR count). The first-order valence-electron chi connectivity index (χ1n) is 8.71. The van der Waals surface area contributed by atoms with Crippen molar-refractivity contribution in [3.8, 4) is 11.5 Å². The minimum Gasteiger partial charge on any atom is -0.493 e. The predicted octanol–water partition coefficient (Wildman–Crippen LogP) is 3.86. The third-order valence-electron chi connectivity index (χ3n) is 4.14. The van der Waals surface area contributed by atoms with E-state index in [1.807, 2.05) is 13.8 Å². The molecule has 26 heavy (non-hydrogen) atoms. The van der Waals surface area contributed by atoms with E-state index in [4.69, 9.17) is 9.47 Å². The number of hydrogen-bond acceptors (Lipinski definition) is 4. The van der Waals surface area contributed by atoms with Crippen LogP contribution in [0.3, 0.4) is 0 Å². The van der Waals surface area contributed by atoms with Crippen LogP contribution in [-0.2, 0) is 0 Å². The molecule has 0 atom stereocenters. The highest BCUT2D eigenvalue weighted by atomic mass is 16.5. The second-order valence-electron chi connectivity index (χ2n) is 6.29. The molecule has 6 nitrogen and oxygen atoms in total. The maximum atomic E-state index is 12.3. The number of aromatic nitrogens is 1. The second kappa shape index (κ2) is 8.56. The van der Waals surface area contributed by atoms with Crippen LogP contribution in [0.5, 0.6) is 11.5 Å². The van der Waals surface area contributed by atoms with Gasteiger partial charge in [0.1, 0.15) is 0 Å². The van der Waals surface area contributed by atoms with Gasteiger partial charge in [-0.2, -0.15) is 5.10 Å². The number of methoxy groups -OCH3 is 1. The number of hydrogen-bond donors (Lipinski definition) is 1. The molecule has 1 aromatic carbocycles. The van der Waals surface area contributed by atoms with Crippen molar-refractivity contribution in [1.29, 1.82) is 0 Å². The maximum absolute atomic E-state index is 12.3. The monoisotopic (exact) mass is 357 g/mol. The van der Waals surface area contributed by atoms with E-state index in [2.05, 4.69) is 41.9 Å². The van der Waals surface area contributed by atoms with Gasteiger partial charge in [0, 0.05) is 28.6 Å². The average molecular weight is 357 g/mol. The van der Waals surface area contributed by atoms with E-state index in [1.165, 1.54) is 5.69 Å². The van der Waals surface area contributed by atoms with Gasteiger partial charge in [0.25, 0.3) is 5.91 Å². The van der Waals surface area contributed by atoms with Gasteiger partial charge >= 0.3 is 0 Å². The van der Waals surface area contributed by atoms with Crippen LogP contribution in [0.25, 0.3) is 0 Å². The highest BCUT2D eigenvalue weighted by Crippen LogP contribution is 2.28. The van der Waals surface area contributed by atoms with Crippen molar-refractivity contribution in [2.24, 2.45) is 5.10 Å². The van der Waals surface area contributed by atoms with Gasteiger partial charge in [0.05, 0.1) is 19.9 Å².